The van der Waals surface area contributed by atoms with Crippen LogP contribution in [0.5, 0.6) is 0 Å². The molecule has 0 aromatic carbocycles. The molecule has 0 heterocycles. The van der Waals surface area contributed by atoms with Crippen LogP contribution in [-0.4, -0.2) is 5.78 Å². The Morgan fingerprint density at radius 1 is 1.00 bits per heavy atom. The molecule has 0 aliphatic heterocycles. The van der Waals surface area contributed by atoms with Crippen molar-refractivity contribution in [3.8, 4) is 0 Å². The molecule has 4 saturated carbocycles. The highest BCUT2D eigenvalue weighted by molar-refractivity contribution is 5.79. The van der Waals surface area contributed by atoms with E-state index in [4.69, 9.17) is 0 Å². The lowest BCUT2D eigenvalue weighted by Gasteiger charge is -2.54. The Labute approximate surface area is 129 Å². The normalized spacial score (nSPS) is 51.4. The Morgan fingerprint density at radius 2 is 1.86 bits per heavy atom. The van der Waals surface area contributed by atoms with Crippen molar-refractivity contribution in [1.29, 1.82) is 0 Å². The third-order valence-electron chi connectivity index (χ3n) is 7.96. The van der Waals surface area contributed by atoms with Gasteiger partial charge in [0, 0.05) is 12.8 Å². The summed E-state index contributed by atoms with van der Waals surface area (Å²) in [5, 5.41) is 0. The number of hydrogen-bond donors (Lipinski definition) is 0. The molecule has 6 atom stereocenters. The van der Waals surface area contributed by atoms with Gasteiger partial charge in [-0.05, 0) is 86.9 Å². The van der Waals surface area contributed by atoms with Crippen LogP contribution >= 0.6 is 0 Å². The number of rotatable bonds is 0. The van der Waals surface area contributed by atoms with Crippen molar-refractivity contribution in [2.45, 2.75) is 71.6 Å². The van der Waals surface area contributed by atoms with E-state index in [1.165, 1.54) is 44.9 Å². The second kappa shape index (κ2) is 4.96. The predicted octanol–water partition coefficient (Wildman–Crippen LogP) is 5.15. The molecular formula is C20H30O. The van der Waals surface area contributed by atoms with Gasteiger partial charge in [-0.25, -0.2) is 0 Å². The number of ketones is 1. The number of carbonyl (C=O) groups is 1. The summed E-state index contributed by atoms with van der Waals surface area (Å²) in [6.45, 7) is 4.81. The largest absolute Gasteiger partial charge is 0.300 e. The van der Waals surface area contributed by atoms with Crippen LogP contribution in [0, 0.1) is 35.0 Å². The van der Waals surface area contributed by atoms with Crippen molar-refractivity contribution >= 4 is 5.78 Å². The Balaban J connectivity index is 1.59. The third-order valence-corrected chi connectivity index (χ3v) is 7.96. The van der Waals surface area contributed by atoms with E-state index in [9.17, 15) is 4.79 Å². The van der Waals surface area contributed by atoms with Crippen molar-refractivity contribution in [2.75, 3.05) is 0 Å². The molecule has 1 nitrogen and oxygen atoms in total. The first-order chi connectivity index (χ1) is 10.1. The van der Waals surface area contributed by atoms with Crippen LogP contribution in [0.15, 0.2) is 11.6 Å². The SMILES string of the molecule is C/C=C1/CC[C@H]2[C@@H]3CCC4CC(=O)CC[C@@H]4[C@H]3CC[C@]12C. The summed E-state index contributed by atoms with van der Waals surface area (Å²) in [5.41, 5.74) is 2.28. The number of hydrogen-bond acceptors (Lipinski definition) is 1. The van der Waals surface area contributed by atoms with Crippen molar-refractivity contribution in [3.63, 3.8) is 0 Å². The highest BCUT2D eigenvalue weighted by Crippen LogP contribution is 2.63. The summed E-state index contributed by atoms with van der Waals surface area (Å²) >= 11 is 0. The molecular weight excluding hydrogens is 256 g/mol. The van der Waals surface area contributed by atoms with Crippen molar-refractivity contribution < 1.29 is 4.79 Å². The van der Waals surface area contributed by atoms with Gasteiger partial charge in [-0.15, -0.1) is 0 Å². The maximum atomic E-state index is 11.8. The minimum Gasteiger partial charge on any atom is -0.300 e. The Hall–Kier alpha value is -0.590. The summed E-state index contributed by atoms with van der Waals surface area (Å²) < 4.78 is 0. The van der Waals surface area contributed by atoms with E-state index >= 15 is 0 Å². The van der Waals surface area contributed by atoms with Crippen LogP contribution in [-0.2, 0) is 4.79 Å². The van der Waals surface area contributed by atoms with Gasteiger partial charge in [-0.2, -0.15) is 0 Å². The number of fused-ring (bicyclic) bond motifs is 5. The second-order valence-electron chi connectivity index (χ2n) is 8.53. The van der Waals surface area contributed by atoms with Gasteiger partial charge in [0.1, 0.15) is 5.78 Å². The molecule has 0 radical (unpaired) electrons. The lowest BCUT2D eigenvalue weighted by atomic mass is 9.50. The van der Waals surface area contributed by atoms with Gasteiger partial charge in [0.15, 0.2) is 0 Å². The fraction of sp³-hybridized carbons (Fsp3) is 0.850. The van der Waals surface area contributed by atoms with Crippen LogP contribution in [0.2, 0.25) is 0 Å². The Bertz CT molecular complexity index is 476. The first-order valence-electron chi connectivity index (χ1n) is 9.31. The zero-order valence-corrected chi connectivity index (χ0v) is 13.7. The summed E-state index contributed by atoms with van der Waals surface area (Å²) in [5.74, 6) is 5.05. The van der Waals surface area contributed by atoms with Crippen molar-refractivity contribution in [3.05, 3.63) is 11.6 Å². The van der Waals surface area contributed by atoms with Crippen LogP contribution in [0.3, 0.4) is 0 Å². The molecule has 0 aromatic heterocycles. The Kier molecular flexibility index (Phi) is 3.32. The predicted molar refractivity (Wildman–Crippen MR) is 85.9 cm³/mol. The molecule has 1 unspecified atom stereocenters. The quantitative estimate of drug-likeness (QED) is 0.562. The number of Topliss-reactive ketones (excluding diaryl/α,β-unsaturated/α-hetero) is 1. The average Bonchev–Trinajstić information content (AvgIpc) is 2.83. The van der Waals surface area contributed by atoms with Crippen molar-refractivity contribution in [2.24, 2.45) is 35.0 Å². The number of carbonyl (C=O) groups excluding carboxylic acids is 1. The molecule has 4 aliphatic carbocycles. The van der Waals surface area contributed by atoms with Gasteiger partial charge in [-0.1, -0.05) is 18.6 Å². The molecule has 0 aromatic rings. The fourth-order valence-electron chi connectivity index (χ4n) is 6.98. The summed E-state index contributed by atoms with van der Waals surface area (Å²) in [6, 6.07) is 0. The topological polar surface area (TPSA) is 17.1 Å². The maximum absolute atomic E-state index is 11.8. The Morgan fingerprint density at radius 3 is 2.67 bits per heavy atom. The molecule has 0 N–H and O–H groups in total. The van der Waals surface area contributed by atoms with Crippen LogP contribution in [0.25, 0.3) is 0 Å². The third kappa shape index (κ3) is 1.99. The average molecular weight is 286 g/mol. The van der Waals surface area contributed by atoms with Gasteiger partial charge in [0.05, 0.1) is 0 Å². The summed E-state index contributed by atoms with van der Waals surface area (Å²) in [7, 11) is 0. The molecule has 0 spiro atoms. The van der Waals surface area contributed by atoms with Crippen molar-refractivity contribution in [1.82, 2.24) is 0 Å². The monoisotopic (exact) mass is 286 g/mol. The molecule has 1 heteroatoms. The summed E-state index contributed by atoms with van der Waals surface area (Å²) in [6.07, 6.45) is 13.8. The molecule has 0 amide bonds. The second-order valence-corrected chi connectivity index (χ2v) is 8.53. The lowest BCUT2D eigenvalue weighted by Crippen LogP contribution is -2.47. The minimum absolute atomic E-state index is 0.521. The zero-order valence-electron chi connectivity index (χ0n) is 13.7. The van der Waals surface area contributed by atoms with Crippen LogP contribution in [0.4, 0.5) is 0 Å². The fourth-order valence-corrected chi connectivity index (χ4v) is 6.98. The van der Waals surface area contributed by atoms with E-state index in [2.05, 4.69) is 19.9 Å². The standard InChI is InChI=1S/C20H30O/c1-3-14-5-9-19-18-7-4-13-12-15(21)6-8-16(13)17(18)10-11-20(14,19)2/h3,13,16-19H,4-12H2,1-2H3/b14-3-/t13?,16-,17+,18+,19-,20+/m0/s1. The first kappa shape index (κ1) is 14.0. The zero-order chi connectivity index (χ0) is 14.6. The molecule has 21 heavy (non-hydrogen) atoms. The van der Waals surface area contributed by atoms with E-state index in [1.54, 1.807) is 5.57 Å². The highest BCUT2D eigenvalue weighted by atomic mass is 16.1. The van der Waals surface area contributed by atoms with E-state index < -0.39 is 0 Å². The maximum Gasteiger partial charge on any atom is 0.133 e. The van der Waals surface area contributed by atoms with Gasteiger partial charge in [-0.3, -0.25) is 4.79 Å². The van der Waals surface area contributed by atoms with E-state index in [-0.39, 0.29) is 0 Å². The van der Waals surface area contributed by atoms with E-state index in [1.807, 2.05) is 0 Å². The van der Waals surface area contributed by atoms with Gasteiger partial charge in [0.2, 0.25) is 0 Å². The number of allylic oxidation sites excluding steroid dienone is 2. The smallest absolute Gasteiger partial charge is 0.133 e. The molecule has 116 valence electrons. The van der Waals surface area contributed by atoms with Gasteiger partial charge in [0.25, 0.3) is 0 Å². The molecule has 0 saturated heterocycles. The molecule has 4 fully saturated rings. The first-order valence-corrected chi connectivity index (χ1v) is 9.31. The molecule has 4 aliphatic rings. The van der Waals surface area contributed by atoms with E-state index in [0.29, 0.717) is 11.2 Å². The minimum atomic E-state index is 0.521. The lowest BCUT2D eigenvalue weighted by molar-refractivity contribution is -0.126. The molecule has 4 rings (SSSR count). The van der Waals surface area contributed by atoms with Crippen LogP contribution in [0.1, 0.15) is 71.6 Å². The van der Waals surface area contributed by atoms with Gasteiger partial charge < -0.3 is 0 Å². The highest BCUT2D eigenvalue weighted by Gasteiger charge is 2.54. The van der Waals surface area contributed by atoms with Crippen LogP contribution < -0.4 is 0 Å². The van der Waals surface area contributed by atoms with E-state index in [0.717, 1.165) is 42.4 Å². The summed E-state index contributed by atoms with van der Waals surface area (Å²) in [4.78, 5) is 11.8. The van der Waals surface area contributed by atoms with Gasteiger partial charge >= 0.3 is 0 Å². The molecule has 0 bridgehead atoms.